The molecule has 0 unspecified atom stereocenters. The highest BCUT2D eigenvalue weighted by atomic mass is 19.1. The number of aliphatic hydroxyl groups excluding tert-OH is 1. The zero-order valence-corrected chi connectivity index (χ0v) is 10.2. The van der Waals surface area contributed by atoms with E-state index in [0.717, 1.165) is 33.9 Å². The molecule has 0 saturated carbocycles. The standard InChI is InChI=1S/C15H14FNO/c1-2-17-14-6-3-10(9-18)7-13(14)12-5-4-11(16)8-15(12)17/h3-8,18H,2,9H2,1H3. The average Bonchev–Trinajstić information content (AvgIpc) is 2.70. The van der Waals surface area contributed by atoms with Gasteiger partial charge in [0.15, 0.2) is 0 Å². The summed E-state index contributed by atoms with van der Waals surface area (Å²) in [4.78, 5) is 0. The molecule has 0 spiro atoms. The van der Waals surface area contributed by atoms with Crippen molar-refractivity contribution in [1.82, 2.24) is 4.57 Å². The summed E-state index contributed by atoms with van der Waals surface area (Å²) in [6.07, 6.45) is 0. The second-order valence-electron chi connectivity index (χ2n) is 4.42. The van der Waals surface area contributed by atoms with E-state index in [1.165, 1.54) is 6.07 Å². The second kappa shape index (κ2) is 4.10. The van der Waals surface area contributed by atoms with Crippen LogP contribution in [0.1, 0.15) is 12.5 Å². The Hall–Kier alpha value is -1.87. The normalized spacial score (nSPS) is 11.5. The van der Waals surface area contributed by atoms with Crippen molar-refractivity contribution in [3.05, 3.63) is 47.8 Å². The van der Waals surface area contributed by atoms with Gasteiger partial charge in [0, 0.05) is 22.8 Å². The molecule has 2 aromatic carbocycles. The van der Waals surface area contributed by atoms with Crippen molar-refractivity contribution in [3.8, 4) is 0 Å². The largest absolute Gasteiger partial charge is 0.392 e. The highest BCUT2D eigenvalue weighted by Crippen LogP contribution is 2.30. The third-order valence-electron chi connectivity index (χ3n) is 3.39. The zero-order valence-electron chi connectivity index (χ0n) is 10.2. The van der Waals surface area contributed by atoms with E-state index in [4.69, 9.17) is 0 Å². The SMILES string of the molecule is CCn1c2ccc(CO)cc2c2ccc(F)cc21. The maximum Gasteiger partial charge on any atom is 0.125 e. The van der Waals surface area contributed by atoms with Crippen LogP contribution in [0.3, 0.4) is 0 Å². The van der Waals surface area contributed by atoms with Gasteiger partial charge in [-0.15, -0.1) is 0 Å². The van der Waals surface area contributed by atoms with Crippen LogP contribution in [0.15, 0.2) is 36.4 Å². The highest BCUT2D eigenvalue weighted by molar-refractivity contribution is 6.08. The maximum absolute atomic E-state index is 13.4. The molecule has 3 aromatic rings. The molecule has 1 aromatic heterocycles. The number of aryl methyl sites for hydroxylation is 1. The van der Waals surface area contributed by atoms with Crippen molar-refractivity contribution in [2.24, 2.45) is 0 Å². The molecule has 0 aliphatic heterocycles. The molecule has 92 valence electrons. The number of fused-ring (bicyclic) bond motifs is 3. The van der Waals surface area contributed by atoms with Gasteiger partial charge >= 0.3 is 0 Å². The zero-order chi connectivity index (χ0) is 12.7. The van der Waals surface area contributed by atoms with Crippen LogP contribution in [0.2, 0.25) is 0 Å². The monoisotopic (exact) mass is 243 g/mol. The molecular formula is C15H14FNO. The predicted octanol–water partition coefficient (Wildman–Crippen LogP) is 3.45. The predicted molar refractivity (Wildman–Crippen MR) is 71.0 cm³/mol. The van der Waals surface area contributed by atoms with E-state index in [2.05, 4.69) is 4.57 Å². The summed E-state index contributed by atoms with van der Waals surface area (Å²) in [7, 11) is 0. The van der Waals surface area contributed by atoms with E-state index in [9.17, 15) is 9.50 Å². The Morgan fingerprint density at radius 2 is 1.89 bits per heavy atom. The Morgan fingerprint density at radius 3 is 2.61 bits per heavy atom. The van der Waals surface area contributed by atoms with Crippen molar-refractivity contribution in [2.45, 2.75) is 20.1 Å². The van der Waals surface area contributed by atoms with E-state index < -0.39 is 0 Å². The Balaban J connectivity index is 2.48. The Kier molecular flexibility index (Phi) is 2.56. The molecule has 0 amide bonds. The fourth-order valence-corrected chi connectivity index (χ4v) is 2.56. The molecule has 0 aliphatic carbocycles. The molecule has 1 heterocycles. The lowest BCUT2D eigenvalue weighted by Crippen LogP contribution is -1.93. The number of hydrogen-bond acceptors (Lipinski definition) is 1. The maximum atomic E-state index is 13.4. The Bertz CT molecular complexity index is 730. The van der Waals surface area contributed by atoms with Gasteiger partial charge in [-0.05, 0) is 42.8 Å². The quantitative estimate of drug-likeness (QED) is 0.732. The van der Waals surface area contributed by atoms with Gasteiger partial charge in [0.2, 0.25) is 0 Å². The van der Waals surface area contributed by atoms with Gasteiger partial charge in [-0.3, -0.25) is 0 Å². The lowest BCUT2D eigenvalue weighted by atomic mass is 10.1. The summed E-state index contributed by atoms with van der Waals surface area (Å²) < 4.78 is 15.5. The summed E-state index contributed by atoms with van der Waals surface area (Å²) >= 11 is 0. The molecule has 1 N–H and O–H groups in total. The first kappa shape index (κ1) is 11.2. The number of hydrogen-bond donors (Lipinski definition) is 1. The number of rotatable bonds is 2. The number of nitrogens with zero attached hydrogens (tertiary/aromatic N) is 1. The summed E-state index contributed by atoms with van der Waals surface area (Å²) in [6, 6.07) is 10.7. The van der Waals surface area contributed by atoms with Crippen LogP contribution >= 0.6 is 0 Å². The molecule has 0 atom stereocenters. The molecular weight excluding hydrogens is 229 g/mol. The molecule has 0 bridgehead atoms. The van der Waals surface area contributed by atoms with Crippen LogP contribution in [-0.4, -0.2) is 9.67 Å². The van der Waals surface area contributed by atoms with Gasteiger partial charge in [0.25, 0.3) is 0 Å². The van der Waals surface area contributed by atoms with Gasteiger partial charge in [-0.25, -0.2) is 4.39 Å². The molecule has 0 fully saturated rings. The Labute approximate surface area is 104 Å². The smallest absolute Gasteiger partial charge is 0.125 e. The van der Waals surface area contributed by atoms with E-state index in [-0.39, 0.29) is 12.4 Å². The average molecular weight is 243 g/mol. The summed E-state index contributed by atoms with van der Waals surface area (Å²) in [5.74, 6) is -0.220. The molecule has 3 heteroatoms. The molecule has 0 saturated heterocycles. The molecule has 0 radical (unpaired) electrons. The lowest BCUT2D eigenvalue weighted by Gasteiger charge is -2.03. The van der Waals surface area contributed by atoms with E-state index >= 15 is 0 Å². The highest BCUT2D eigenvalue weighted by Gasteiger charge is 2.10. The number of aromatic nitrogens is 1. The fraction of sp³-hybridized carbons (Fsp3) is 0.200. The third kappa shape index (κ3) is 1.51. The van der Waals surface area contributed by atoms with Crippen LogP contribution < -0.4 is 0 Å². The van der Waals surface area contributed by atoms with E-state index in [0.29, 0.717) is 0 Å². The van der Waals surface area contributed by atoms with Crippen molar-refractivity contribution in [3.63, 3.8) is 0 Å². The minimum absolute atomic E-state index is 0.0237. The van der Waals surface area contributed by atoms with Crippen LogP contribution in [0.5, 0.6) is 0 Å². The number of aliphatic hydroxyl groups is 1. The van der Waals surface area contributed by atoms with Gasteiger partial charge in [0.05, 0.1) is 12.1 Å². The van der Waals surface area contributed by atoms with Crippen LogP contribution in [0.25, 0.3) is 21.8 Å². The van der Waals surface area contributed by atoms with Crippen molar-refractivity contribution in [1.29, 1.82) is 0 Å². The fourth-order valence-electron chi connectivity index (χ4n) is 2.56. The van der Waals surface area contributed by atoms with Crippen LogP contribution in [0, 0.1) is 5.82 Å². The first-order chi connectivity index (χ1) is 8.74. The minimum Gasteiger partial charge on any atom is -0.392 e. The van der Waals surface area contributed by atoms with Crippen LogP contribution in [-0.2, 0) is 13.2 Å². The first-order valence-corrected chi connectivity index (χ1v) is 6.06. The third-order valence-corrected chi connectivity index (χ3v) is 3.39. The van der Waals surface area contributed by atoms with Crippen LogP contribution in [0.4, 0.5) is 4.39 Å². The van der Waals surface area contributed by atoms with Crippen molar-refractivity contribution < 1.29 is 9.50 Å². The minimum atomic E-state index is -0.220. The summed E-state index contributed by atoms with van der Waals surface area (Å²) in [5, 5.41) is 11.3. The van der Waals surface area contributed by atoms with E-state index in [1.807, 2.05) is 25.1 Å². The number of benzene rings is 2. The topological polar surface area (TPSA) is 25.2 Å². The van der Waals surface area contributed by atoms with Crippen molar-refractivity contribution in [2.75, 3.05) is 0 Å². The van der Waals surface area contributed by atoms with Crippen molar-refractivity contribution >= 4 is 21.8 Å². The molecule has 2 nitrogen and oxygen atoms in total. The van der Waals surface area contributed by atoms with Gasteiger partial charge in [-0.1, -0.05) is 6.07 Å². The second-order valence-corrected chi connectivity index (χ2v) is 4.42. The first-order valence-electron chi connectivity index (χ1n) is 6.06. The van der Waals surface area contributed by atoms with E-state index in [1.54, 1.807) is 12.1 Å². The summed E-state index contributed by atoms with van der Waals surface area (Å²) in [6.45, 7) is 2.86. The summed E-state index contributed by atoms with van der Waals surface area (Å²) in [5.41, 5.74) is 2.86. The molecule has 18 heavy (non-hydrogen) atoms. The Morgan fingerprint density at radius 1 is 1.06 bits per heavy atom. The number of halogens is 1. The molecule has 3 rings (SSSR count). The lowest BCUT2D eigenvalue weighted by molar-refractivity contribution is 0.282. The van der Waals surface area contributed by atoms with Gasteiger partial charge in [-0.2, -0.15) is 0 Å². The van der Waals surface area contributed by atoms with Gasteiger partial charge < -0.3 is 9.67 Å². The molecule has 0 aliphatic rings. The van der Waals surface area contributed by atoms with Gasteiger partial charge in [0.1, 0.15) is 5.82 Å².